The molecule has 4 amide bonds. The van der Waals surface area contributed by atoms with E-state index >= 15 is 0 Å². The Morgan fingerprint density at radius 2 is 1.96 bits per heavy atom. The molecule has 8 heteroatoms. The SMILES string of the molecule is CN1C(=O)N(CC(=O)Nc2nc3c(s2)CCC3)C(=O)C12CCCCC2. The van der Waals surface area contributed by atoms with E-state index in [0.717, 1.165) is 49.1 Å². The summed E-state index contributed by atoms with van der Waals surface area (Å²) in [6, 6.07) is -0.372. The highest BCUT2D eigenvalue weighted by Gasteiger charge is 2.55. The third-order valence-electron chi connectivity index (χ3n) is 5.63. The summed E-state index contributed by atoms with van der Waals surface area (Å²) in [5, 5.41) is 3.31. The van der Waals surface area contributed by atoms with Gasteiger partial charge in [0.25, 0.3) is 5.91 Å². The fourth-order valence-corrected chi connectivity index (χ4v) is 5.28. The molecule has 1 spiro atoms. The number of nitrogens with zero attached hydrogens (tertiary/aromatic N) is 3. The maximum absolute atomic E-state index is 12.9. The molecule has 1 saturated carbocycles. The Hall–Kier alpha value is -1.96. The summed E-state index contributed by atoms with van der Waals surface area (Å²) < 4.78 is 0. The molecule has 0 bridgehead atoms. The fourth-order valence-electron chi connectivity index (χ4n) is 4.22. The number of aryl methyl sites for hydroxylation is 2. The van der Waals surface area contributed by atoms with Crippen LogP contribution in [-0.4, -0.2) is 51.8 Å². The van der Waals surface area contributed by atoms with Crippen molar-refractivity contribution in [2.75, 3.05) is 18.9 Å². The van der Waals surface area contributed by atoms with Gasteiger partial charge in [-0.25, -0.2) is 9.78 Å². The Bertz CT molecular complexity index is 717. The topological polar surface area (TPSA) is 82.6 Å². The molecule has 1 saturated heterocycles. The van der Waals surface area contributed by atoms with Crippen LogP contribution in [0, 0.1) is 0 Å². The van der Waals surface area contributed by atoms with E-state index in [1.54, 1.807) is 11.9 Å². The van der Waals surface area contributed by atoms with Gasteiger partial charge in [-0.05, 0) is 32.1 Å². The van der Waals surface area contributed by atoms with E-state index in [-0.39, 0.29) is 24.4 Å². The first-order valence-corrected chi connectivity index (χ1v) is 9.71. The summed E-state index contributed by atoms with van der Waals surface area (Å²) in [5.74, 6) is -0.591. The first kappa shape index (κ1) is 16.5. The summed E-state index contributed by atoms with van der Waals surface area (Å²) in [6.45, 7) is -0.242. The summed E-state index contributed by atoms with van der Waals surface area (Å²) in [5.41, 5.74) is 0.326. The van der Waals surface area contributed by atoms with Crippen molar-refractivity contribution in [1.82, 2.24) is 14.8 Å². The van der Waals surface area contributed by atoms with Crippen molar-refractivity contribution >= 4 is 34.3 Å². The number of thiazole rings is 1. The van der Waals surface area contributed by atoms with E-state index in [9.17, 15) is 14.4 Å². The molecular weight excluding hydrogens is 340 g/mol. The molecule has 1 aromatic rings. The lowest BCUT2D eigenvalue weighted by Gasteiger charge is -2.35. The van der Waals surface area contributed by atoms with E-state index in [4.69, 9.17) is 0 Å². The van der Waals surface area contributed by atoms with Gasteiger partial charge in [0, 0.05) is 11.9 Å². The van der Waals surface area contributed by atoms with Gasteiger partial charge in [0.1, 0.15) is 12.1 Å². The Morgan fingerprint density at radius 3 is 2.68 bits per heavy atom. The number of carbonyl (C=O) groups is 3. The van der Waals surface area contributed by atoms with Crippen LogP contribution in [0.15, 0.2) is 0 Å². The molecule has 1 aliphatic heterocycles. The molecular formula is C17H22N4O3S. The molecule has 2 heterocycles. The third kappa shape index (κ3) is 2.63. The Morgan fingerprint density at radius 1 is 1.20 bits per heavy atom. The zero-order chi connectivity index (χ0) is 17.6. The molecule has 134 valence electrons. The van der Waals surface area contributed by atoms with E-state index in [2.05, 4.69) is 10.3 Å². The largest absolute Gasteiger partial charge is 0.327 e. The quantitative estimate of drug-likeness (QED) is 0.836. The molecule has 3 aliphatic rings. The number of anilines is 1. The lowest BCUT2D eigenvalue weighted by molar-refractivity contribution is -0.136. The standard InChI is InChI=1S/C17H22N4O3S/c1-20-16(24)21(14(23)17(20)8-3-2-4-9-17)10-13(22)19-15-18-11-6-5-7-12(11)25-15/h2-10H2,1H3,(H,18,19,22). The molecule has 25 heavy (non-hydrogen) atoms. The Balaban J connectivity index is 1.45. The number of aromatic nitrogens is 1. The van der Waals surface area contributed by atoms with Crippen LogP contribution in [0.5, 0.6) is 0 Å². The number of imide groups is 1. The highest BCUT2D eigenvalue weighted by Crippen LogP contribution is 2.39. The summed E-state index contributed by atoms with van der Waals surface area (Å²) >= 11 is 1.49. The van der Waals surface area contributed by atoms with Crippen LogP contribution in [0.2, 0.25) is 0 Å². The van der Waals surface area contributed by atoms with Crippen LogP contribution < -0.4 is 5.32 Å². The van der Waals surface area contributed by atoms with Crippen molar-refractivity contribution in [2.24, 2.45) is 0 Å². The van der Waals surface area contributed by atoms with Gasteiger partial charge in [0.2, 0.25) is 5.91 Å². The normalized spacial score (nSPS) is 22.0. The van der Waals surface area contributed by atoms with Crippen molar-refractivity contribution in [3.05, 3.63) is 10.6 Å². The highest BCUT2D eigenvalue weighted by molar-refractivity contribution is 7.15. The van der Waals surface area contributed by atoms with Crippen LogP contribution >= 0.6 is 11.3 Å². The molecule has 0 aromatic carbocycles. The second kappa shape index (κ2) is 6.09. The van der Waals surface area contributed by atoms with Crippen molar-refractivity contribution in [3.63, 3.8) is 0 Å². The fraction of sp³-hybridized carbons (Fsp3) is 0.647. The van der Waals surface area contributed by atoms with Gasteiger partial charge in [-0.2, -0.15) is 0 Å². The van der Waals surface area contributed by atoms with E-state index in [1.807, 2.05) is 0 Å². The average molecular weight is 362 g/mol. The maximum atomic E-state index is 12.9. The van der Waals surface area contributed by atoms with Gasteiger partial charge in [-0.1, -0.05) is 19.3 Å². The van der Waals surface area contributed by atoms with E-state index < -0.39 is 5.54 Å². The minimum atomic E-state index is -0.738. The number of urea groups is 1. The summed E-state index contributed by atoms with van der Waals surface area (Å²) in [7, 11) is 1.68. The lowest BCUT2D eigenvalue weighted by atomic mass is 9.81. The van der Waals surface area contributed by atoms with Crippen LogP contribution in [0.1, 0.15) is 49.1 Å². The molecule has 0 radical (unpaired) electrons. The second-order valence-electron chi connectivity index (χ2n) is 7.12. The summed E-state index contributed by atoms with van der Waals surface area (Å²) in [6.07, 6.45) is 7.43. The van der Waals surface area contributed by atoms with E-state index in [1.165, 1.54) is 16.2 Å². The number of hydrogen-bond acceptors (Lipinski definition) is 5. The Kier molecular flexibility index (Phi) is 4.02. The number of amides is 4. The number of hydrogen-bond donors (Lipinski definition) is 1. The van der Waals surface area contributed by atoms with Crippen molar-refractivity contribution < 1.29 is 14.4 Å². The number of nitrogens with one attached hydrogen (secondary N) is 1. The highest BCUT2D eigenvalue weighted by atomic mass is 32.1. The lowest BCUT2D eigenvalue weighted by Crippen LogP contribution is -2.49. The van der Waals surface area contributed by atoms with Gasteiger partial charge in [-0.3, -0.25) is 14.5 Å². The average Bonchev–Trinajstić information content (AvgIpc) is 3.23. The van der Waals surface area contributed by atoms with Gasteiger partial charge in [-0.15, -0.1) is 11.3 Å². The van der Waals surface area contributed by atoms with Crippen LogP contribution in [0.4, 0.5) is 9.93 Å². The third-order valence-corrected chi connectivity index (χ3v) is 6.70. The van der Waals surface area contributed by atoms with Crippen LogP contribution in [0.25, 0.3) is 0 Å². The maximum Gasteiger partial charge on any atom is 0.327 e. The van der Waals surface area contributed by atoms with E-state index in [0.29, 0.717) is 18.0 Å². The first-order valence-electron chi connectivity index (χ1n) is 8.89. The zero-order valence-electron chi connectivity index (χ0n) is 14.3. The smallest absolute Gasteiger partial charge is 0.313 e. The van der Waals surface area contributed by atoms with Crippen LogP contribution in [-0.2, 0) is 22.4 Å². The molecule has 1 N–H and O–H groups in total. The predicted molar refractivity (Wildman–Crippen MR) is 93.5 cm³/mol. The molecule has 2 fully saturated rings. The number of likely N-dealkylation sites (N-methyl/N-ethyl adjacent to an activating group) is 1. The number of rotatable bonds is 3. The molecule has 0 atom stereocenters. The first-order chi connectivity index (χ1) is 12.0. The Labute approximate surface area is 150 Å². The molecule has 0 unspecified atom stereocenters. The second-order valence-corrected chi connectivity index (χ2v) is 8.20. The molecule has 7 nitrogen and oxygen atoms in total. The predicted octanol–water partition coefficient (Wildman–Crippen LogP) is 2.17. The van der Waals surface area contributed by atoms with Gasteiger partial charge in [0.05, 0.1) is 5.69 Å². The van der Waals surface area contributed by atoms with Crippen molar-refractivity contribution in [3.8, 4) is 0 Å². The molecule has 2 aliphatic carbocycles. The molecule has 1 aromatic heterocycles. The van der Waals surface area contributed by atoms with Gasteiger partial charge >= 0.3 is 6.03 Å². The molecule has 4 rings (SSSR count). The minimum absolute atomic E-state index is 0.225. The minimum Gasteiger partial charge on any atom is -0.313 e. The monoisotopic (exact) mass is 362 g/mol. The number of fused-ring (bicyclic) bond motifs is 1. The van der Waals surface area contributed by atoms with Crippen molar-refractivity contribution in [2.45, 2.75) is 56.9 Å². The van der Waals surface area contributed by atoms with Gasteiger partial charge in [0.15, 0.2) is 5.13 Å². The number of carbonyl (C=O) groups excluding carboxylic acids is 3. The van der Waals surface area contributed by atoms with Crippen LogP contribution in [0.3, 0.4) is 0 Å². The zero-order valence-corrected chi connectivity index (χ0v) is 15.2. The van der Waals surface area contributed by atoms with Crippen molar-refractivity contribution in [1.29, 1.82) is 0 Å². The summed E-state index contributed by atoms with van der Waals surface area (Å²) in [4.78, 5) is 46.1. The van der Waals surface area contributed by atoms with Gasteiger partial charge < -0.3 is 10.2 Å².